The summed E-state index contributed by atoms with van der Waals surface area (Å²) in [5.41, 5.74) is 5.35. The van der Waals surface area contributed by atoms with Crippen LogP contribution >= 0.6 is 0 Å². The largest absolute Gasteiger partial charge is 0.500 e. The lowest BCUT2D eigenvalue weighted by Gasteiger charge is -2.24. The predicted molar refractivity (Wildman–Crippen MR) is 72.3 cm³/mol. The minimum absolute atomic E-state index is 0.668. The van der Waals surface area contributed by atoms with Crippen LogP contribution in [0.3, 0.4) is 0 Å². The lowest BCUT2D eigenvalue weighted by molar-refractivity contribution is 0.123. The van der Waals surface area contributed by atoms with Gasteiger partial charge in [-0.15, -0.1) is 0 Å². The van der Waals surface area contributed by atoms with Gasteiger partial charge in [0.1, 0.15) is 0 Å². The Kier molecular flexibility index (Phi) is 15.4. The molecule has 0 aromatic heterocycles. The highest BCUT2D eigenvalue weighted by molar-refractivity contribution is 6.60. The summed E-state index contributed by atoms with van der Waals surface area (Å²) in [6.45, 7) is 2.44. The van der Waals surface area contributed by atoms with Crippen molar-refractivity contribution in [2.24, 2.45) is 11.1 Å². The highest BCUT2D eigenvalue weighted by atomic mass is 28.4. The zero-order chi connectivity index (χ0) is 12.9. The van der Waals surface area contributed by atoms with Crippen molar-refractivity contribution in [3.63, 3.8) is 0 Å². The SMILES string of the molecule is CO[Si](CCCNCCN)(OC)OC.N[SiH3]. The third-order valence-corrected chi connectivity index (χ3v) is 4.92. The van der Waals surface area contributed by atoms with Crippen LogP contribution in [0, 0.1) is 0 Å². The molecule has 100 valence electrons. The second-order valence-electron chi connectivity index (χ2n) is 2.94. The van der Waals surface area contributed by atoms with Crippen molar-refractivity contribution >= 4 is 19.2 Å². The molecule has 5 N–H and O–H groups in total. The predicted octanol–water partition coefficient (Wildman–Crippen LogP) is -1.97. The summed E-state index contributed by atoms with van der Waals surface area (Å²) in [4.78, 5) is 0. The molecule has 0 rings (SSSR count). The molecule has 16 heavy (non-hydrogen) atoms. The van der Waals surface area contributed by atoms with Gasteiger partial charge in [0.15, 0.2) is 0 Å². The fourth-order valence-electron chi connectivity index (χ4n) is 1.21. The van der Waals surface area contributed by atoms with Gasteiger partial charge in [0.2, 0.25) is 0 Å². The number of hydrogen-bond acceptors (Lipinski definition) is 6. The quantitative estimate of drug-likeness (QED) is 0.332. The molecular formula is C8H27N3O3Si2. The molecule has 0 aromatic carbocycles. The average molecular weight is 269 g/mol. The molecule has 0 bridgehead atoms. The molecule has 0 aliphatic carbocycles. The van der Waals surface area contributed by atoms with E-state index in [4.69, 9.17) is 19.0 Å². The van der Waals surface area contributed by atoms with E-state index in [2.05, 4.69) is 10.7 Å². The van der Waals surface area contributed by atoms with Crippen LogP contribution < -0.4 is 16.4 Å². The van der Waals surface area contributed by atoms with Gasteiger partial charge >= 0.3 is 8.80 Å². The molecule has 0 heterocycles. The Hall–Kier alpha value is 0.194. The first-order valence-electron chi connectivity index (χ1n) is 5.38. The monoisotopic (exact) mass is 269 g/mol. The second kappa shape index (κ2) is 13.3. The normalized spacial score (nSPS) is 11.1. The number of rotatable bonds is 9. The molecule has 0 atom stereocenters. The van der Waals surface area contributed by atoms with Crippen molar-refractivity contribution in [2.75, 3.05) is 41.0 Å². The van der Waals surface area contributed by atoms with Crippen molar-refractivity contribution in [3.05, 3.63) is 0 Å². The van der Waals surface area contributed by atoms with Crippen LogP contribution in [0.1, 0.15) is 6.42 Å². The van der Waals surface area contributed by atoms with E-state index in [1.54, 1.807) is 21.3 Å². The van der Waals surface area contributed by atoms with Crippen LogP contribution in [-0.4, -0.2) is 60.2 Å². The lowest BCUT2D eigenvalue weighted by atomic mass is 10.5. The molecule has 0 aliphatic heterocycles. The van der Waals surface area contributed by atoms with Crippen LogP contribution in [0.15, 0.2) is 0 Å². The van der Waals surface area contributed by atoms with Gasteiger partial charge in [-0.2, -0.15) is 0 Å². The van der Waals surface area contributed by atoms with E-state index in [1.807, 2.05) is 0 Å². The molecule has 6 nitrogen and oxygen atoms in total. The molecule has 0 saturated heterocycles. The van der Waals surface area contributed by atoms with E-state index in [0.29, 0.717) is 6.54 Å². The summed E-state index contributed by atoms with van der Waals surface area (Å²) in [5.74, 6) is 0. The van der Waals surface area contributed by atoms with Gasteiger partial charge in [-0.3, -0.25) is 0 Å². The maximum Gasteiger partial charge on any atom is 0.500 e. The van der Waals surface area contributed by atoms with Gasteiger partial charge in [0.05, 0.1) is 10.4 Å². The molecule has 0 aliphatic rings. The van der Waals surface area contributed by atoms with Crippen LogP contribution in [0.4, 0.5) is 0 Å². The summed E-state index contributed by atoms with van der Waals surface area (Å²) in [6, 6.07) is 0.827. The fraction of sp³-hybridized carbons (Fsp3) is 1.00. The van der Waals surface area contributed by atoms with E-state index >= 15 is 0 Å². The number of nitrogens with one attached hydrogen (secondary N) is 1. The second-order valence-corrected chi connectivity index (χ2v) is 6.03. The van der Waals surface area contributed by atoms with E-state index < -0.39 is 8.80 Å². The zero-order valence-electron chi connectivity index (χ0n) is 10.9. The van der Waals surface area contributed by atoms with Gasteiger partial charge in [0, 0.05) is 40.5 Å². The molecular weight excluding hydrogens is 242 g/mol. The Morgan fingerprint density at radius 3 is 1.94 bits per heavy atom. The van der Waals surface area contributed by atoms with Crippen LogP contribution in [0.5, 0.6) is 0 Å². The fourth-order valence-corrected chi connectivity index (χ4v) is 2.94. The molecule has 0 radical (unpaired) electrons. The summed E-state index contributed by atoms with van der Waals surface area (Å²) in [7, 11) is 3.35. The molecule has 0 spiro atoms. The van der Waals surface area contributed by atoms with E-state index in [-0.39, 0.29) is 0 Å². The van der Waals surface area contributed by atoms with Gasteiger partial charge < -0.3 is 29.7 Å². The Labute approximate surface area is 103 Å². The van der Waals surface area contributed by atoms with Crippen molar-refractivity contribution in [1.82, 2.24) is 5.32 Å². The summed E-state index contributed by atoms with van der Waals surface area (Å²) in [6.07, 6.45) is 0.974. The zero-order valence-corrected chi connectivity index (χ0v) is 13.9. The first kappa shape index (κ1) is 18.6. The third-order valence-electron chi connectivity index (χ3n) is 2.09. The molecule has 0 unspecified atom stereocenters. The Balaban J connectivity index is 0. The molecule has 0 amide bonds. The van der Waals surface area contributed by atoms with Crippen molar-refractivity contribution in [3.8, 4) is 0 Å². The van der Waals surface area contributed by atoms with Gasteiger partial charge in [-0.1, -0.05) is 0 Å². The van der Waals surface area contributed by atoms with Gasteiger partial charge in [-0.05, 0) is 13.0 Å². The Morgan fingerprint density at radius 1 is 1.06 bits per heavy atom. The van der Waals surface area contributed by atoms with Gasteiger partial charge in [-0.25, -0.2) is 0 Å². The number of nitrogens with two attached hydrogens (primary N) is 2. The lowest BCUT2D eigenvalue weighted by Crippen LogP contribution is -2.43. The first-order chi connectivity index (χ1) is 7.74. The van der Waals surface area contributed by atoms with Crippen LogP contribution in [0.2, 0.25) is 6.04 Å². The molecule has 0 aromatic rings. The average Bonchev–Trinajstić information content (AvgIpc) is 2.37. The molecule has 0 saturated carbocycles. The summed E-state index contributed by atoms with van der Waals surface area (Å²) < 4.78 is 15.9. The Bertz CT molecular complexity index is 131. The van der Waals surface area contributed by atoms with E-state index in [0.717, 1.165) is 36.0 Å². The highest BCUT2D eigenvalue weighted by Crippen LogP contribution is 2.13. The molecule has 8 heteroatoms. The standard InChI is InChI=1S/C8H22N2O3Si.H5NSi/c1-11-14(12-2,13-3)8-4-6-10-7-5-9;1-2/h10H,4-9H2,1-3H3;1H2,2H3. The van der Waals surface area contributed by atoms with Crippen LogP contribution in [-0.2, 0) is 13.3 Å². The summed E-state index contributed by atoms with van der Waals surface area (Å²) in [5, 5.41) is 7.85. The molecule has 0 fully saturated rings. The van der Waals surface area contributed by atoms with Crippen LogP contribution in [0.25, 0.3) is 0 Å². The third kappa shape index (κ3) is 8.36. The van der Waals surface area contributed by atoms with E-state index in [1.165, 1.54) is 0 Å². The summed E-state index contributed by atoms with van der Waals surface area (Å²) >= 11 is 0. The maximum absolute atomic E-state index is 5.35. The van der Waals surface area contributed by atoms with Crippen molar-refractivity contribution in [2.45, 2.75) is 12.5 Å². The number of hydrogen-bond donors (Lipinski definition) is 3. The smallest absolute Gasteiger partial charge is 0.377 e. The first-order valence-corrected chi connectivity index (χ1v) is 8.47. The van der Waals surface area contributed by atoms with Crippen molar-refractivity contribution < 1.29 is 13.3 Å². The highest BCUT2D eigenvalue weighted by Gasteiger charge is 2.36. The van der Waals surface area contributed by atoms with E-state index in [9.17, 15) is 0 Å². The topological polar surface area (TPSA) is 91.8 Å². The van der Waals surface area contributed by atoms with Gasteiger partial charge in [0.25, 0.3) is 0 Å². The minimum Gasteiger partial charge on any atom is -0.377 e. The van der Waals surface area contributed by atoms with Crippen molar-refractivity contribution in [1.29, 1.82) is 0 Å². The Morgan fingerprint density at radius 2 is 1.56 bits per heavy atom. The maximum atomic E-state index is 5.35. The minimum atomic E-state index is -2.35.